The maximum atomic E-state index is 5.58. The molecule has 10 nitrogen and oxygen atoms in total. The Morgan fingerprint density at radius 3 is 2.00 bits per heavy atom. The van der Waals surface area contributed by atoms with Crippen molar-refractivity contribution in [3.8, 4) is 0 Å². The van der Waals surface area contributed by atoms with Crippen LogP contribution in [0.2, 0.25) is 0 Å². The summed E-state index contributed by atoms with van der Waals surface area (Å²) in [5, 5.41) is 2.52. The number of unbranched alkanes of at least 4 members (excludes halogenated alkanes) is 5. The highest BCUT2D eigenvalue weighted by Crippen LogP contribution is 2.22. The molecule has 0 amide bonds. The van der Waals surface area contributed by atoms with Crippen molar-refractivity contribution in [2.75, 3.05) is 57.2 Å². The van der Waals surface area contributed by atoms with Crippen LogP contribution in [0.25, 0.3) is 0 Å². The van der Waals surface area contributed by atoms with Gasteiger partial charge in [-0.25, -0.2) is 14.7 Å². The second-order valence-corrected chi connectivity index (χ2v) is 6.36. The third kappa shape index (κ3) is 7.73. The Bertz CT molecular complexity index is 588. The molecule has 1 rings (SSSR count). The monoisotopic (exact) mass is 412 g/mol. The van der Waals surface area contributed by atoms with Gasteiger partial charge in [0.15, 0.2) is 6.23 Å². The van der Waals surface area contributed by atoms with Gasteiger partial charge in [-0.05, 0) is 12.5 Å². The molecule has 0 fully saturated rings. The van der Waals surface area contributed by atoms with Gasteiger partial charge in [0.2, 0.25) is 5.95 Å². The molecule has 0 saturated carbocycles. The van der Waals surface area contributed by atoms with Crippen LogP contribution in [-0.4, -0.2) is 63.2 Å². The molecule has 1 aromatic rings. The molecule has 166 valence electrons. The van der Waals surface area contributed by atoms with Crippen LogP contribution in [0, 0.1) is 0 Å². The van der Waals surface area contributed by atoms with E-state index in [-0.39, 0.29) is 12.2 Å². The van der Waals surface area contributed by atoms with Crippen molar-refractivity contribution in [3.63, 3.8) is 0 Å². The molecule has 1 atom stereocenters. The Kier molecular flexibility index (Phi) is 12.1. The molecule has 1 unspecified atom stereocenters. The molecular weight excluding hydrogens is 376 g/mol. The Hall–Kier alpha value is -2.01. The molecule has 29 heavy (non-hydrogen) atoms. The van der Waals surface area contributed by atoms with E-state index in [1.54, 1.807) is 20.2 Å². The quantitative estimate of drug-likeness (QED) is 0.175. The predicted octanol–water partition coefficient (Wildman–Crippen LogP) is 3.12. The van der Waals surface area contributed by atoms with Crippen molar-refractivity contribution in [3.05, 3.63) is 12.7 Å². The standard InChI is InChI=1S/C19H36N6O4/c1-8-10-11-12-13-14-15-24(16(9-2)26-4)18-20-17(23(3)27-5)21-19(22-18)25(28-6)29-7/h9,16H,2,8,10-15H2,1,3-7H3. The van der Waals surface area contributed by atoms with Crippen molar-refractivity contribution in [2.45, 2.75) is 51.7 Å². The molecule has 0 aliphatic rings. The van der Waals surface area contributed by atoms with Gasteiger partial charge in [0.05, 0.1) is 21.3 Å². The fourth-order valence-corrected chi connectivity index (χ4v) is 2.77. The highest BCUT2D eigenvalue weighted by Gasteiger charge is 2.23. The molecule has 0 aliphatic carbocycles. The minimum absolute atomic E-state index is 0.186. The number of methoxy groups -OCH3 is 1. The fraction of sp³-hybridized carbons (Fsp3) is 0.737. The van der Waals surface area contributed by atoms with Crippen molar-refractivity contribution in [1.29, 1.82) is 0 Å². The van der Waals surface area contributed by atoms with Gasteiger partial charge >= 0.3 is 0 Å². The summed E-state index contributed by atoms with van der Waals surface area (Å²) in [7, 11) is 7.78. The second kappa shape index (κ2) is 14.0. The third-order valence-corrected chi connectivity index (χ3v) is 4.41. The lowest BCUT2D eigenvalue weighted by Crippen LogP contribution is -2.38. The highest BCUT2D eigenvalue weighted by molar-refractivity contribution is 5.44. The van der Waals surface area contributed by atoms with E-state index in [4.69, 9.17) is 19.2 Å². The highest BCUT2D eigenvalue weighted by atomic mass is 16.9. The molecule has 0 aromatic carbocycles. The molecule has 0 saturated heterocycles. The summed E-state index contributed by atoms with van der Waals surface area (Å²) in [6.07, 6.45) is 8.37. The minimum Gasteiger partial charge on any atom is -0.358 e. The van der Waals surface area contributed by atoms with Gasteiger partial charge in [0, 0.05) is 20.7 Å². The Balaban J connectivity index is 3.16. The number of hydrogen-bond donors (Lipinski definition) is 0. The first-order chi connectivity index (χ1) is 14.1. The van der Waals surface area contributed by atoms with Gasteiger partial charge in [-0.2, -0.15) is 15.0 Å². The zero-order valence-corrected chi connectivity index (χ0v) is 18.6. The van der Waals surface area contributed by atoms with Gasteiger partial charge < -0.3 is 9.64 Å². The van der Waals surface area contributed by atoms with Gasteiger partial charge in [0.25, 0.3) is 11.9 Å². The van der Waals surface area contributed by atoms with Crippen molar-refractivity contribution in [1.82, 2.24) is 15.0 Å². The Morgan fingerprint density at radius 2 is 1.45 bits per heavy atom. The summed E-state index contributed by atoms with van der Waals surface area (Å²) < 4.78 is 5.58. The SMILES string of the molecule is C=CC(OC)N(CCCCCCCC)c1nc(N(C)OC)nc(N(OC)OC)n1. The molecule has 0 bridgehead atoms. The maximum absolute atomic E-state index is 5.58. The zero-order valence-electron chi connectivity index (χ0n) is 18.6. The van der Waals surface area contributed by atoms with Crippen LogP contribution in [0.5, 0.6) is 0 Å². The number of aromatic nitrogens is 3. The molecule has 0 spiro atoms. The number of rotatable bonds is 16. The van der Waals surface area contributed by atoms with E-state index < -0.39 is 0 Å². The molecule has 10 heteroatoms. The smallest absolute Gasteiger partial charge is 0.284 e. The molecule has 1 aromatic heterocycles. The first-order valence-corrected chi connectivity index (χ1v) is 9.90. The van der Waals surface area contributed by atoms with Crippen LogP contribution in [0.3, 0.4) is 0 Å². The van der Waals surface area contributed by atoms with Crippen molar-refractivity contribution < 1.29 is 19.2 Å². The molecule has 0 radical (unpaired) electrons. The number of hydroxylamine groups is 1. The van der Waals surface area contributed by atoms with Crippen LogP contribution in [0.4, 0.5) is 17.8 Å². The van der Waals surface area contributed by atoms with E-state index in [2.05, 4.69) is 28.5 Å². The first kappa shape index (κ1) is 25.0. The van der Waals surface area contributed by atoms with Crippen LogP contribution in [0.1, 0.15) is 45.4 Å². The van der Waals surface area contributed by atoms with Gasteiger partial charge in [0.1, 0.15) is 0 Å². The summed E-state index contributed by atoms with van der Waals surface area (Å²) >= 11 is 0. The molecule has 0 N–H and O–H groups in total. The first-order valence-electron chi connectivity index (χ1n) is 9.90. The number of ether oxygens (including phenoxy) is 1. The Morgan fingerprint density at radius 1 is 0.862 bits per heavy atom. The second-order valence-electron chi connectivity index (χ2n) is 6.36. The van der Waals surface area contributed by atoms with Crippen LogP contribution in [-0.2, 0) is 19.2 Å². The normalized spacial score (nSPS) is 11.9. The van der Waals surface area contributed by atoms with Gasteiger partial charge in [-0.1, -0.05) is 50.8 Å². The van der Waals surface area contributed by atoms with Crippen molar-refractivity contribution >= 4 is 17.8 Å². The average molecular weight is 413 g/mol. The number of anilines is 3. The van der Waals surface area contributed by atoms with Gasteiger partial charge in [-0.15, -0.1) is 0 Å². The summed E-state index contributed by atoms with van der Waals surface area (Å²) in [5.41, 5.74) is 0. The van der Waals surface area contributed by atoms with E-state index in [9.17, 15) is 0 Å². The largest absolute Gasteiger partial charge is 0.358 e. The van der Waals surface area contributed by atoms with Crippen LogP contribution >= 0.6 is 0 Å². The van der Waals surface area contributed by atoms with E-state index in [1.165, 1.54) is 52.1 Å². The van der Waals surface area contributed by atoms with E-state index in [0.29, 0.717) is 18.4 Å². The lowest BCUT2D eigenvalue weighted by molar-refractivity contribution is -0.0472. The fourth-order valence-electron chi connectivity index (χ4n) is 2.77. The van der Waals surface area contributed by atoms with E-state index >= 15 is 0 Å². The van der Waals surface area contributed by atoms with Gasteiger partial charge in [-0.3, -0.25) is 4.84 Å². The van der Waals surface area contributed by atoms with E-state index in [0.717, 1.165) is 18.1 Å². The third-order valence-electron chi connectivity index (χ3n) is 4.41. The number of nitrogens with zero attached hydrogens (tertiary/aromatic N) is 6. The zero-order chi connectivity index (χ0) is 21.6. The summed E-state index contributed by atoms with van der Waals surface area (Å²) in [6, 6.07) is 0. The summed E-state index contributed by atoms with van der Waals surface area (Å²) in [4.78, 5) is 30.9. The number of hydrogen-bond acceptors (Lipinski definition) is 10. The Labute approximate surface area is 174 Å². The van der Waals surface area contributed by atoms with Crippen LogP contribution in [0.15, 0.2) is 12.7 Å². The molecule has 1 heterocycles. The molecular formula is C19H36N6O4. The molecule has 0 aliphatic heterocycles. The van der Waals surface area contributed by atoms with Crippen molar-refractivity contribution in [2.24, 2.45) is 0 Å². The lowest BCUT2D eigenvalue weighted by atomic mass is 10.1. The van der Waals surface area contributed by atoms with Crippen LogP contribution < -0.4 is 15.2 Å². The maximum Gasteiger partial charge on any atom is 0.284 e. The summed E-state index contributed by atoms with van der Waals surface area (Å²) in [5.74, 6) is 0.900. The van der Waals surface area contributed by atoms with E-state index in [1.807, 2.05) is 4.90 Å². The summed E-state index contributed by atoms with van der Waals surface area (Å²) in [6.45, 7) is 6.80. The minimum atomic E-state index is -0.389. The predicted molar refractivity (Wildman–Crippen MR) is 113 cm³/mol. The topological polar surface area (TPSA) is 85.3 Å². The average Bonchev–Trinajstić information content (AvgIpc) is 2.75. The lowest BCUT2D eigenvalue weighted by Gasteiger charge is -2.30.